The normalized spacial score (nSPS) is 18.3. The Kier molecular flexibility index (Phi) is 5.12. The molecular formula is C17H28N2O2. The fourth-order valence-corrected chi connectivity index (χ4v) is 3.20. The van der Waals surface area contributed by atoms with E-state index in [1.54, 1.807) is 14.2 Å². The van der Waals surface area contributed by atoms with E-state index in [9.17, 15) is 0 Å². The first-order valence-corrected chi connectivity index (χ1v) is 7.64. The van der Waals surface area contributed by atoms with Crippen LogP contribution in [0.2, 0.25) is 0 Å². The van der Waals surface area contributed by atoms with Gasteiger partial charge in [-0.2, -0.15) is 0 Å². The van der Waals surface area contributed by atoms with Crippen molar-refractivity contribution >= 4 is 0 Å². The second-order valence-corrected chi connectivity index (χ2v) is 6.66. The lowest BCUT2D eigenvalue weighted by atomic mass is 9.80. The van der Waals surface area contributed by atoms with Gasteiger partial charge in [-0.25, -0.2) is 0 Å². The summed E-state index contributed by atoms with van der Waals surface area (Å²) in [6.45, 7) is 11.1. The zero-order chi connectivity index (χ0) is 15.5. The van der Waals surface area contributed by atoms with Crippen LogP contribution in [0.15, 0.2) is 18.2 Å². The first-order chi connectivity index (χ1) is 9.97. The lowest BCUT2D eigenvalue weighted by molar-refractivity contribution is 0.0841. The Bertz CT molecular complexity index is 462. The monoisotopic (exact) mass is 292 g/mol. The minimum absolute atomic E-state index is 0.138. The third-order valence-corrected chi connectivity index (χ3v) is 4.07. The van der Waals surface area contributed by atoms with E-state index in [2.05, 4.69) is 37.1 Å². The largest absolute Gasteiger partial charge is 0.497 e. The highest BCUT2D eigenvalue weighted by Crippen LogP contribution is 2.42. The molecule has 1 heterocycles. The number of ether oxygens (including phenoxy) is 2. The average Bonchev–Trinajstić information content (AvgIpc) is 2.47. The van der Waals surface area contributed by atoms with Gasteiger partial charge in [0.2, 0.25) is 0 Å². The van der Waals surface area contributed by atoms with Crippen LogP contribution in [0.3, 0.4) is 0 Å². The summed E-state index contributed by atoms with van der Waals surface area (Å²) in [6, 6.07) is 6.49. The van der Waals surface area contributed by atoms with Gasteiger partial charge in [0.05, 0.1) is 14.2 Å². The highest BCUT2D eigenvalue weighted by molar-refractivity contribution is 5.43. The predicted molar refractivity (Wildman–Crippen MR) is 86.2 cm³/mol. The van der Waals surface area contributed by atoms with E-state index in [1.165, 1.54) is 5.56 Å². The molecule has 1 aliphatic rings. The first-order valence-electron chi connectivity index (χ1n) is 7.64. The van der Waals surface area contributed by atoms with Crippen LogP contribution >= 0.6 is 0 Å². The van der Waals surface area contributed by atoms with Crippen molar-refractivity contribution in [3.05, 3.63) is 23.8 Å². The molecule has 1 N–H and O–H groups in total. The van der Waals surface area contributed by atoms with E-state index in [4.69, 9.17) is 9.47 Å². The van der Waals surface area contributed by atoms with Crippen molar-refractivity contribution in [3.63, 3.8) is 0 Å². The van der Waals surface area contributed by atoms with E-state index < -0.39 is 0 Å². The standard InChI is InChI=1S/C17H28N2O2/c1-17(2,3)16(19-10-8-18-9-11-19)14-7-6-13(20-4)12-15(14)21-5/h6-7,12,16,18H,8-11H2,1-5H3/t16-/m0/s1. The van der Waals surface area contributed by atoms with Crippen LogP contribution < -0.4 is 14.8 Å². The summed E-state index contributed by atoms with van der Waals surface area (Å²) in [6.07, 6.45) is 0. The van der Waals surface area contributed by atoms with Crippen molar-refractivity contribution in [3.8, 4) is 11.5 Å². The van der Waals surface area contributed by atoms with Crippen molar-refractivity contribution in [2.75, 3.05) is 40.4 Å². The van der Waals surface area contributed by atoms with Crippen molar-refractivity contribution in [1.29, 1.82) is 0 Å². The van der Waals surface area contributed by atoms with E-state index in [-0.39, 0.29) is 5.41 Å². The molecule has 1 aromatic carbocycles. The molecule has 4 nitrogen and oxygen atoms in total. The predicted octanol–water partition coefficient (Wildman–Crippen LogP) is 2.70. The highest BCUT2D eigenvalue weighted by Gasteiger charge is 2.34. The molecule has 21 heavy (non-hydrogen) atoms. The molecule has 1 aliphatic heterocycles. The maximum absolute atomic E-state index is 5.63. The Morgan fingerprint density at radius 3 is 2.29 bits per heavy atom. The third kappa shape index (κ3) is 3.69. The average molecular weight is 292 g/mol. The summed E-state index contributed by atoms with van der Waals surface area (Å²) in [5.74, 6) is 1.75. The zero-order valence-corrected chi connectivity index (χ0v) is 13.9. The number of benzene rings is 1. The molecule has 1 atom stereocenters. The van der Waals surface area contributed by atoms with E-state index in [0.29, 0.717) is 6.04 Å². The number of hydrogen-bond acceptors (Lipinski definition) is 4. The number of piperazine rings is 1. The molecule has 1 aromatic rings. The van der Waals surface area contributed by atoms with Gasteiger partial charge in [0, 0.05) is 43.9 Å². The minimum Gasteiger partial charge on any atom is -0.497 e. The van der Waals surface area contributed by atoms with E-state index in [1.807, 2.05) is 12.1 Å². The van der Waals surface area contributed by atoms with Gasteiger partial charge in [0.1, 0.15) is 11.5 Å². The SMILES string of the molecule is COc1ccc([C@H](N2CCNCC2)C(C)(C)C)c(OC)c1. The lowest BCUT2D eigenvalue weighted by Crippen LogP contribution is -2.48. The van der Waals surface area contributed by atoms with Crippen LogP contribution in [0, 0.1) is 5.41 Å². The topological polar surface area (TPSA) is 33.7 Å². The summed E-state index contributed by atoms with van der Waals surface area (Å²) in [7, 11) is 3.42. The van der Waals surface area contributed by atoms with Gasteiger partial charge in [-0.05, 0) is 11.5 Å². The molecule has 0 saturated carbocycles. The van der Waals surface area contributed by atoms with Crippen LogP contribution in [-0.4, -0.2) is 45.3 Å². The molecule has 1 fully saturated rings. The number of methoxy groups -OCH3 is 2. The van der Waals surface area contributed by atoms with Gasteiger partial charge < -0.3 is 14.8 Å². The summed E-state index contributed by atoms with van der Waals surface area (Å²) in [5, 5.41) is 3.43. The van der Waals surface area contributed by atoms with Gasteiger partial charge in [-0.15, -0.1) is 0 Å². The number of hydrogen-bond donors (Lipinski definition) is 1. The van der Waals surface area contributed by atoms with Gasteiger partial charge in [0.25, 0.3) is 0 Å². The van der Waals surface area contributed by atoms with Crippen molar-refractivity contribution in [2.24, 2.45) is 5.41 Å². The fraction of sp³-hybridized carbons (Fsp3) is 0.647. The Morgan fingerprint density at radius 2 is 1.76 bits per heavy atom. The first kappa shape index (κ1) is 16.1. The van der Waals surface area contributed by atoms with Crippen LogP contribution in [-0.2, 0) is 0 Å². The second-order valence-electron chi connectivity index (χ2n) is 6.66. The van der Waals surface area contributed by atoms with E-state index >= 15 is 0 Å². The Labute approximate surface area is 128 Å². The summed E-state index contributed by atoms with van der Waals surface area (Å²) < 4.78 is 11.0. The van der Waals surface area contributed by atoms with Gasteiger partial charge in [0.15, 0.2) is 0 Å². The van der Waals surface area contributed by atoms with Crippen LogP contribution in [0.1, 0.15) is 32.4 Å². The zero-order valence-electron chi connectivity index (χ0n) is 13.9. The molecule has 0 amide bonds. The summed E-state index contributed by atoms with van der Waals surface area (Å²) in [5.41, 5.74) is 1.38. The number of nitrogens with one attached hydrogen (secondary N) is 1. The van der Waals surface area contributed by atoms with Gasteiger partial charge in [-0.1, -0.05) is 26.8 Å². The molecular weight excluding hydrogens is 264 g/mol. The molecule has 1 saturated heterocycles. The maximum atomic E-state index is 5.63. The van der Waals surface area contributed by atoms with Gasteiger partial charge >= 0.3 is 0 Å². The molecule has 0 aliphatic carbocycles. The van der Waals surface area contributed by atoms with Crippen molar-refractivity contribution in [1.82, 2.24) is 10.2 Å². The van der Waals surface area contributed by atoms with Crippen LogP contribution in [0.25, 0.3) is 0 Å². The molecule has 0 spiro atoms. The Morgan fingerprint density at radius 1 is 1.10 bits per heavy atom. The number of nitrogens with zero attached hydrogens (tertiary/aromatic N) is 1. The molecule has 4 heteroatoms. The lowest BCUT2D eigenvalue weighted by Gasteiger charge is -2.43. The molecule has 0 bridgehead atoms. The molecule has 0 aromatic heterocycles. The fourth-order valence-electron chi connectivity index (χ4n) is 3.20. The van der Waals surface area contributed by atoms with Gasteiger partial charge in [-0.3, -0.25) is 4.90 Å². The molecule has 2 rings (SSSR count). The molecule has 0 radical (unpaired) electrons. The number of rotatable bonds is 4. The maximum Gasteiger partial charge on any atom is 0.127 e. The quantitative estimate of drug-likeness (QED) is 0.925. The third-order valence-electron chi connectivity index (χ3n) is 4.07. The molecule has 118 valence electrons. The minimum atomic E-state index is 0.138. The summed E-state index contributed by atoms with van der Waals surface area (Å²) in [4.78, 5) is 2.56. The van der Waals surface area contributed by atoms with Crippen molar-refractivity contribution in [2.45, 2.75) is 26.8 Å². The van der Waals surface area contributed by atoms with Crippen LogP contribution in [0.4, 0.5) is 0 Å². The van der Waals surface area contributed by atoms with E-state index in [0.717, 1.165) is 37.7 Å². The Balaban J connectivity index is 2.40. The van der Waals surface area contributed by atoms with Crippen molar-refractivity contribution < 1.29 is 9.47 Å². The molecule has 0 unspecified atom stereocenters. The highest BCUT2D eigenvalue weighted by atomic mass is 16.5. The van der Waals surface area contributed by atoms with Crippen LogP contribution in [0.5, 0.6) is 11.5 Å². The Hall–Kier alpha value is -1.26. The summed E-state index contributed by atoms with van der Waals surface area (Å²) >= 11 is 0. The second kappa shape index (κ2) is 6.67. The smallest absolute Gasteiger partial charge is 0.127 e.